The van der Waals surface area contributed by atoms with Crippen molar-refractivity contribution in [3.05, 3.63) is 58.6 Å². The van der Waals surface area contributed by atoms with Gasteiger partial charge in [-0.2, -0.15) is 0 Å². The standard InChI is InChI=1S/C13H9F3N2O5S/c14-13(15,16)23-11-7-3-1-5-9(11)17-24(21,22)12-8-4-2-6-10(12)18(19)20/h1-8,17H. The first-order chi connectivity index (χ1) is 11.1. The minimum absolute atomic E-state index is 0.507. The Hall–Kier alpha value is -2.82. The van der Waals surface area contributed by atoms with E-state index in [1.165, 1.54) is 24.3 Å². The molecule has 0 fully saturated rings. The summed E-state index contributed by atoms with van der Waals surface area (Å²) in [6.45, 7) is 0. The molecule has 0 aliphatic rings. The highest BCUT2D eigenvalue weighted by atomic mass is 32.2. The Bertz CT molecular complexity index is 868. The third-order valence-electron chi connectivity index (χ3n) is 2.71. The van der Waals surface area contributed by atoms with Gasteiger partial charge in [-0.25, -0.2) is 8.42 Å². The van der Waals surface area contributed by atoms with Crippen molar-refractivity contribution in [3.8, 4) is 5.75 Å². The largest absolute Gasteiger partial charge is 0.573 e. The van der Waals surface area contributed by atoms with Crippen LogP contribution in [-0.4, -0.2) is 19.7 Å². The molecule has 0 aromatic heterocycles. The smallest absolute Gasteiger partial charge is 0.404 e. The molecule has 128 valence electrons. The lowest BCUT2D eigenvalue weighted by atomic mass is 10.3. The predicted molar refractivity (Wildman–Crippen MR) is 77.0 cm³/mol. The Morgan fingerprint density at radius 2 is 1.62 bits per heavy atom. The summed E-state index contributed by atoms with van der Waals surface area (Å²) in [5.74, 6) is -0.785. The molecule has 0 amide bonds. The van der Waals surface area contributed by atoms with Crippen molar-refractivity contribution < 1.29 is 31.2 Å². The zero-order valence-electron chi connectivity index (χ0n) is 11.6. The molecule has 0 aliphatic carbocycles. The van der Waals surface area contributed by atoms with E-state index in [2.05, 4.69) is 4.74 Å². The predicted octanol–water partition coefficient (Wildman–Crippen LogP) is 3.29. The highest BCUT2D eigenvalue weighted by molar-refractivity contribution is 7.92. The third kappa shape index (κ3) is 4.13. The molecule has 0 saturated carbocycles. The summed E-state index contributed by atoms with van der Waals surface area (Å²) in [7, 11) is -4.51. The average molecular weight is 362 g/mol. The van der Waals surface area contributed by atoms with E-state index in [9.17, 15) is 31.7 Å². The van der Waals surface area contributed by atoms with Crippen molar-refractivity contribution in [2.24, 2.45) is 0 Å². The first-order valence-electron chi connectivity index (χ1n) is 6.21. The number of nitrogens with one attached hydrogen (secondary N) is 1. The molecule has 7 nitrogen and oxygen atoms in total. The van der Waals surface area contributed by atoms with Gasteiger partial charge in [0.05, 0.1) is 10.6 Å². The number of nitrogens with zero attached hydrogens (tertiary/aromatic N) is 1. The van der Waals surface area contributed by atoms with Gasteiger partial charge in [-0.1, -0.05) is 24.3 Å². The lowest BCUT2D eigenvalue weighted by Crippen LogP contribution is -2.20. The van der Waals surface area contributed by atoms with Crippen molar-refractivity contribution in [3.63, 3.8) is 0 Å². The lowest BCUT2D eigenvalue weighted by Gasteiger charge is -2.14. The SMILES string of the molecule is O=[N+]([O-])c1ccccc1S(=O)(=O)Nc1ccccc1OC(F)(F)F. The van der Waals surface area contributed by atoms with Crippen LogP contribution in [0.4, 0.5) is 24.5 Å². The first-order valence-corrected chi connectivity index (χ1v) is 7.69. The monoisotopic (exact) mass is 362 g/mol. The molecule has 2 aromatic rings. The summed E-state index contributed by atoms with van der Waals surface area (Å²) < 4.78 is 67.3. The van der Waals surface area contributed by atoms with Crippen molar-refractivity contribution >= 4 is 21.4 Å². The topological polar surface area (TPSA) is 98.5 Å². The molecular formula is C13H9F3N2O5S. The molecule has 2 aromatic carbocycles. The van der Waals surface area contributed by atoms with E-state index < -0.39 is 43.3 Å². The van der Waals surface area contributed by atoms with Crippen LogP contribution in [0.15, 0.2) is 53.4 Å². The number of hydrogen-bond acceptors (Lipinski definition) is 5. The fourth-order valence-electron chi connectivity index (χ4n) is 1.80. The molecule has 0 unspecified atom stereocenters. The maximum Gasteiger partial charge on any atom is 0.573 e. The number of halogens is 3. The summed E-state index contributed by atoms with van der Waals surface area (Å²) in [5.41, 5.74) is -1.22. The second-order valence-corrected chi connectivity index (χ2v) is 6.03. The van der Waals surface area contributed by atoms with Gasteiger partial charge in [-0.3, -0.25) is 14.8 Å². The Labute approximate surface area is 133 Å². The summed E-state index contributed by atoms with van der Waals surface area (Å²) in [4.78, 5) is 9.32. The minimum Gasteiger partial charge on any atom is -0.404 e. The molecule has 0 aliphatic heterocycles. The van der Waals surface area contributed by atoms with Gasteiger partial charge in [0.15, 0.2) is 10.6 Å². The number of benzene rings is 2. The van der Waals surface area contributed by atoms with E-state index in [0.29, 0.717) is 0 Å². The van der Waals surface area contributed by atoms with Gasteiger partial charge < -0.3 is 4.74 Å². The second-order valence-electron chi connectivity index (χ2n) is 4.37. The summed E-state index contributed by atoms with van der Waals surface area (Å²) in [6.07, 6.45) is -5.03. The fourth-order valence-corrected chi connectivity index (χ4v) is 3.04. The van der Waals surface area contributed by atoms with Crippen LogP contribution in [0.5, 0.6) is 5.75 Å². The Balaban J connectivity index is 2.43. The van der Waals surface area contributed by atoms with Gasteiger partial charge in [0.1, 0.15) is 0 Å². The van der Waals surface area contributed by atoms with Crippen LogP contribution >= 0.6 is 0 Å². The molecule has 0 spiro atoms. The highest BCUT2D eigenvalue weighted by Crippen LogP contribution is 2.32. The number of anilines is 1. The molecule has 1 N–H and O–H groups in total. The van der Waals surface area contributed by atoms with Crippen LogP contribution in [0.1, 0.15) is 0 Å². The quantitative estimate of drug-likeness (QED) is 0.650. The van der Waals surface area contributed by atoms with E-state index in [1.54, 1.807) is 0 Å². The van der Waals surface area contributed by atoms with Gasteiger partial charge in [0.2, 0.25) is 0 Å². The van der Waals surface area contributed by atoms with Gasteiger partial charge in [-0.15, -0.1) is 13.2 Å². The lowest BCUT2D eigenvalue weighted by molar-refractivity contribution is -0.387. The van der Waals surface area contributed by atoms with E-state index in [0.717, 1.165) is 24.3 Å². The average Bonchev–Trinajstić information content (AvgIpc) is 2.47. The van der Waals surface area contributed by atoms with Crippen LogP contribution in [0, 0.1) is 10.1 Å². The Kier molecular flexibility index (Phi) is 4.64. The molecule has 0 radical (unpaired) electrons. The molecule has 0 atom stereocenters. The second kappa shape index (κ2) is 6.35. The van der Waals surface area contributed by atoms with E-state index in [-0.39, 0.29) is 0 Å². The van der Waals surface area contributed by atoms with Crippen molar-refractivity contribution in [1.29, 1.82) is 0 Å². The normalized spacial score (nSPS) is 11.8. The zero-order valence-corrected chi connectivity index (χ0v) is 12.5. The van der Waals surface area contributed by atoms with Crippen LogP contribution in [-0.2, 0) is 10.0 Å². The van der Waals surface area contributed by atoms with E-state index >= 15 is 0 Å². The number of ether oxygens (including phenoxy) is 1. The van der Waals surface area contributed by atoms with Gasteiger partial charge in [0.25, 0.3) is 15.7 Å². The fraction of sp³-hybridized carbons (Fsp3) is 0.0769. The Morgan fingerprint density at radius 1 is 1.04 bits per heavy atom. The number of alkyl halides is 3. The summed E-state index contributed by atoms with van der Waals surface area (Å²) in [5, 5.41) is 10.9. The van der Waals surface area contributed by atoms with E-state index in [4.69, 9.17) is 0 Å². The summed E-state index contributed by atoms with van der Waals surface area (Å²) in [6, 6.07) is 8.88. The van der Waals surface area contributed by atoms with Crippen molar-refractivity contribution in [2.45, 2.75) is 11.3 Å². The number of para-hydroxylation sites is 3. The van der Waals surface area contributed by atoms with Gasteiger partial charge in [-0.05, 0) is 18.2 Å². The van der Waals surface area contributed by atoms with E-state index in [1.807, 2.05) is 4.72 Å². The number of nitro groups is 1. The maximum atomic E-state index is 12.4. The number of hydrogen-bond donors (Lipinski definition) is 1. The zero-order chi connectivity index (χ0) is 18.0. The molecule has 0 bridgehead atoms. The minimum atomic E-state index is -5.03. The molecule has 0 heterocycles. The van der Waals surface area contributed by atoms with Crippen LogP contribution < -0.4 is 9.46 Å². The van der Waals surface area contributed by atoms with Crippen molar-refractivity contribution in [2.75, 3.05) is 4.72 Å². The molecule has 24 heavy (non-hydrogen) atoms. The third-order valence-corrected chi connectivity index (χ3v) is 4.12. The number of nitro benzene ring substituents is 1. The molecular weight excluding hydrogens is 353 g/mol. The maximum absolute atomic E-state index is 12.4. The molecule has 0 saturated heterocycles. The van der Waals surface area contributed by atoms with Crippen LogP contribution in [0.2, 0.25) is 0 Å². The van der Waals surface area contributed by atoms with Crippen molar-refractivity contribution in [1.82, 2.24) is 0 Å². The summed E-state index contributed by atoms with van der Waals surface area (Å²) >= 11 is 0. The molecule has 2 rings (SSSR count). The van der Waals surface area contributed by atoms with Crippen LogP contribution in [0.3, 0.4) is 0 Å². The van der Waals surface area contributed by atoms with Crippen LogP contribution in [0.25, 0.3) is 0 Å². The Morgan fingerprint density at radius 3 is 2.25 bits per heavy atom. The number of rotatable bonds is 5. The first kappa shape index (κ1) is 17.5. The number of sulfonamides is 1. The van der Waals surface area contributed by atoms with Gasteiger partial charge >= 0.3 is 6.36 Å². The van der Waals surface area contributed by atoms with Gasteiger partial charge in [0, 0.05) is 6.07 Å². The molecule has 11 heteroatoms. The highest BCUT2D eigenvalue weighted by Gasteiger charge is 2.33.